The average molecular weight is 335 g/mol. The van der Waals surface area contributed by atoms with E-state index in [9.17, 15) is 18.0 Å². The molecule has 126 valence electrons. The van der Waals surface area contributed by atoms with Crippen LogP contribution in [0.2, 0.25) is 0 Å². The fourth-order valence-corrected chi connectivity index (χ4v) is 3.03. The maximum atomic E-state index is 13.1. The summed E-state index contributed by atoms with van der Waals surface area (Å²) in [7, 11) is 0. The van der Waals surface area contributed by atoms with Crippen LogP contribution in [-0.4, -0.2) is 33.9 Å². The van der Waals surface area contributed by atoms with Crippen molar-refractivity contribution in [2.24, 2.45) is 0 Å². The molecule has 0 radical (unpaired) electrons. The van der Waals surface area contributed by atoms with Crippen LogP contribution in [0.1, 0.15) is 40.2 Å². The van der Waals surface area contributed by atoms with Crippen molar-refractivity contribution in [3.05, 3.63) is 59.7 Å². The number of alkyl halides is 3. The van der Waals surface area contributed by atoms with Gasteiger partial charge in [0.05, 0.1) is 11.1 Å². The fraction of sp³-hybridized carbons (Fsp3) is 0.353. The Balaban J connectivity index is 1.72. The standard InChI is InChI=1S/C17H16F3N3O/c18-17(19,20)15-3-8-22-11-14(15)16(24)23-9-4-13(5-10-23)12-1-6-21-7-2-12/h1-3,6-8,11,13H,4-5,9-10H2. The summed E-state index contributed by atoms with van der Waals surface area (Å²) in [5.41, 5.74) is -0.166. The Bertz CT molecular complexity index is 711. The van der Waals surface area contributed by atoms with Gasteiger partial charge in [-0.2, -0.15) is 13.2 Å². The molecular formula is C17H16F3N3O. The summed E-state index contributed by atoms with van der Waals surface area (Å²) in [5, 5.41) is 0. The van der Waals surface area contributed by atoms with Crippen LogP contribution < -0.4 is 0 Å². The van der Waals surface area contributed by atoms with Crippen molar-refractivity contribution in [3.63, 3.8) is 0 Å². The number of nitrogens with zero attached hydrogens (tertiary/aromatic N) is 3. The molecule has 0 saturated carbocycles. The molecule has 1 aliphatic rings. The van der Waals surface area contributed by atoms with Crippen molar-refractivity contribution in [1.82, 2.24) is 14.9 Å². The highest BCUT2D eigenvalue weighted by atomic mass is 19.4. The monoisotopic (exact) mass is 335 g/mol. The van der Waals surface area contributed by atoms with Crippen LogP contribution >= 0.6 is 0 Å². The second-order valence-electron chi connectivity index (χ2n) is 5.77. The van der Waals surface area contributed by atoms with E-state index >= 15 is 0 Å². The predicted molar refractivity (Wildman–Crippen MR) is 81.4 cm³/mol. The molecule has 2 aromatic rings. The number of carbonyl (C=O) groups excluding carboxylic acids is 1. The molecule has 0 aromatic carbocycles. The van der Waals surface area contributed by atoms with Crippen LogP contribution in [0.4, 0.5) is 13.2 Å². The third kappa shape index (κ3) is 3.39. The molecule has 0 bridgehead atoms. The van der Waals surface area contributed by atoms with Crippen molar-refractivity contribution in [3.8, 4) is 0 Å². The first-order chi connectivity index (χ1) is 11.5. The Kier molecular flexibility index (Phi) is 4.51. The van der Waals surface area contributed by atoms with E-state index in [-0.39, 0.29) is 5.56 Å². The number of pyridine rings is 2. The summed E-state index contributed by atoms with van der Waals surface area (Å²) in [6, 6.07) is 4.72. The number of likely N-dealkylation sites (tertiary alicyclic amines) is 1. The van der Waals surface area contributed by atoms with E-state index in [1.807, 2.05) is 12.1 Å². The van der Waals surface area contributed by atoms with Crippen LogP contribution in [0.5, 0.6) is 0 Å². The van der Waals surface area contributed by atoms with Gasteiger partial charge in [-0.3, -0.25) is 14.8 Å². The molecule has 1 aliphatic heterocycles. The lowest BCUT2D eigenvalue weighted by atomic mass is 9.90. The van der Waals surface area contributed by atoms with Gasteiger partial charge in [-0.1, -0.05) is 0 Å². The Hall–Kier alpha value is -2.44. The summed E-state index contributed by atoms with van der Waals surface area (Å²) in [5.74, 6) is -0.309. The largest absolute Gasteiger partial charge is 0.417 e. The number of rotatable bonds is 2. The minimum atomic E-state index is -4.57. The molecule has 24 heavy (non-hydrogen) atoms. The van der Waals surface area contributed by atoms with E-state index in [1.165, 1.54) is 4.90 Å². The molecule has 1 saturated heterocycles. The minimum absolute atomic E-state index is 0.299. The number of aromatic nitrogens is 2. The van der Waals surface area contributed by atoms with Crippen molar-refractivity contribution in [1.29, 1.82) is 0 Å². The first-order valence-corrected chi connectivity index (χ1v) is 7.67. The molecular weight excluding hydrogens is 319 g/mol. The van der Waals surface area contributed by atoms with Gasteiger partial charge in [-0.15, -0.1) is 0 Å². The third-order valence-electron chi connectivity index (χ3n) is 4.32. The van der Waals surface area contributed by atoms with Crippen molar-refractivity contribution in [2.45, 2.75) is 24.9 Å². The summed E-state index contributed by atoms with van der Waals surface area (Å²) in [4.78, 5) is 21.6. The Morgan fingerprint density at radius 3 is 2.29 bits per heavy atom. The Morgan fingerprint density at radius 1 is 1.04 bits per heavy atom. The SMILES string of the molecule is O=C(c1cnccc1C(F)(F)F)N1CCC(c2ccncc2)CC1. The first kappa shape index (κ1) is 16.4. The van der Waals surface area contributed by atoms with Gasteiger partial charge in [0.25, 0.3) is 5.91 Å². The lowest BCUT2D eigenvalue weighted by molar-refractivity contribution is -0.138. The second-order valence-corrected chi connectivity index (χ2v) is 5.77. The van der Waals surface area contributed by atoms with Gasteiger partial charge >= 0.3 is 6.18 Å². The highest BCUT2D eigenvalue weighted by Crippen LogP contribution is 2.33. The highest BCUT2D eigenvalue weighted by molar-refractivity contribution is 5.95. The molecule has 1 fully saturated rings. The van der Waals surface area contributed by atoms with Crippen molar-refractivity contribution in [2.75, 3.05) is 13.1 Å². The molecule has 0 N–H and O–H groups in total. The van der Waals surface area contributed by atoms with Crippen LogP contribution in [0.15, 0.2) is 43.0 Å². The van der Waals surface area contributed by atoms with E-state index in [0.717, 1.165) is 36.9 Å². The topological polar surface area (TPSA) is 46.1 Å². The lowest BCUT2D eigenvalue weighted by Gasteiger charge is -2.32. The maximum Gasteiger partial charge on any atom is 0.417 e. The average Bonchev–Trinajstić information content (AvgIpc) is 2.61. The molecule has 4 nitrogen and oxygen atoms in total. The van der Waals surface area contributed by atoms with Gasteiger partial charge in [0, 0.05) is 37.9 Å². The van der Waals surface area contributed by atoms with Gasteiger partial charge < -0.3 is 4.90 Å². The van der Waals surface area contributed by atoms with Crippen LogP contribution in [0.3, 0.4) is 0 Å². The van der Waals surface area contributed by atoms with E-state index in [0.29, 0.717) is 19.0 Å². The molecule has 2 aromatic heterocycles. The minimum Gasteiger partial charge on any atom is -0.339 e. The quantitative estimate of drug-likeness (QED) is 0.844. The van der Waals surface area contributed by atoms with Gasteiger partial charge in [0.15, 0.2) is 0 Å². The fourth-order valence-electron chi connectivity index (χ4n) is 3.03. The normalized spacial score (nSPS) is 16.2. The zero-order chi connectivity index (χ0) is 17.2. The zero-order valence-corrected chi connectivity index (χ0v) is 12.8. The van der Waals surface area contributed by atoms with Crippen molar-refractivity contribution < 1.29 is 18.0 Å². The molecule has 3 heterocycles. The van der Waals surface area contributed by atoms with Crippen LogP contribution in [0, 0.1) is 0 Å². The molecule has 7 heteroatoms. The summed E-state index contributed by atoms with van der Waals surface area (Å²) in [6.07, 6.45) is 2.36. The number of halogens is 3. The predicted octanol–water partition coefficient (Wildman–Crippen LogP) is 3.52. The first-order valence-electron chi connectivity index (χ1n) is 7.67. The molecule has 0 unspecified atom stereocenters. The van der Waals surface area contributed by atoms with Gasteiger partial charge in [0.2, 0.25) is 0 Å². The Labute approximate surface area is 137 Å². The summed E-state index contributed by atoms with van der Waals surface area (Å²) < 4.78 is 39.2. The van der Waals surface area contributed by atoms with E-state index in [4.69, 9.17) is 0 Å². The van der Waals surface area contributed by atoms with Crippen LogP contribution in [-0.2, 0) is 6.18 Å². The van der Waals surface area contributed by atoms with Gasteiger partial charge in [0.1, 0.15) is 0 Å². The third-order valence-corrected chi connectivity index (χ3v) is 4.32. The lowest BCUT2D eigenvalue weighted by Crippen LogP contribution is -2.38. The highest BCUT2D eigenvalue weighted by Gasteiger charge is 2.36. The Morgan fingerprint density at radius 2 is 1.67 bits per heavy atom. The number of hydrogen-bond donors (Lipinski definition) is 0. The summed E-state index contributed by atoms with van der Waals surface area (Å²) in [6.45, 7) is 0.857. The van der Waals surface area contributed by atoms with Gasteiger partial charge in [-0.25, -0.2) is 0 Å². The van der Waals surface area contributed by atoms with E-state index in [2.05, 4.69) is 9.97 Å². The second kappa shape index (κ2) is 6.59. The summed E-state index contributed by atoms with van der Waals surface area (Å²) >= 11 is 0. The number of hydrogen-bond acceptors (Lipinski definition) is 3. The molecule has 1 amide bonds. The smallest absolute Gasteiger partial charge is 0.339 e. The maximum absolute atomic E-state index is 13.1. The zero-order valence-electron chi connectivity index (χ0n) is 12.8. The van der Waals surface area contributed by atoms with Crippen LogP contribution in [0.25, 0.3) is 0 Å². The van der Waals surface area contributed by atoms with E-state index < -0.39 is 17.6 Å². The molecule has 0 aliphatic carbocycles. The molecule has 0 atom stereocenters. The number of piperidine rings is 1. The number of amides is 1. The van der Waals surface area contributed by atoms with E-state index in [1.54, 1.807) is 12.4 Å². The van der Waals surface area contributed by atoms with Crippen molar-refractivity contribution >= 4 is 5.91 Å². The molecule has 0 spiro atoms. The molecule has 3 rings (SSSR count). The number of carbonyl (C=O) groups is 1. The van der Waals surface area contributed by atoms with Gasteiger partial charge in [-0.05, 0) is 42.5 Å².